The van der Waals surface area contributed by atoms with Crippen molar-refractivity contribution < 1.29 is 99.0 Å². The molecule has 2 heterocycles. The maximum atomic E-state index is 13.9. The van der Waals surface area contributed by atoms with Gasteiger partial charge in [-0.25, -0.2) is 4.79 Å². The van der Waals surface area contributed by atoms with Crippen LogP contribution in [0.15, 0.2) is 11.6 Å². The molecule has 0 bridgehead atoms. The van der Waals surface area contributed by atoms with Crippen LogP contribution >= 0.6 is 0 Å². The van der Waals surface area contributed by atoms with Gasteiger partial charge in [-0.15, -0.1) is 0 Å². The van der Waals surface area contributed by atoms with Gasteiger partial charge in [0.15, 0.2) is 25.0 Å². The SMILES string of the molecule is C[C@H](O)C(O[C@@H](O[C@H]1CCC2(C)C(CC[C@]3(C)C2CC=C2C4CC(C)(C)CC[C@]4(C(=O)O)[C@H](O)C[C@]23C)[C@@]1(C)C=O)[C@H](CO[C@@H]1O[C@@H](C)[C@H](O)C(O)C1O)O[C@@H]1OC(CO)[C@H](O)C(O)[C@@H]1O)C(=O)O. The predicted molar refractivity (Wildman–Crippen MR) is 238 cm³/mol. The molecule has 0 aromatic heterocycles. The molecule has 11 N–H and O–H groups in total. The number of allylic oxidation sites excluding steroid dienone is 2. The molecule has 2 aliphatic heterocycles. The first-order chi connectivity index (χ1) is 32.1. The van der Waals surface area contributed by atoms with Crippen molar-refractivity contribution in [1.82, 2.24) is 0 Å². The molecule has 5 aliphatic carbocycles. The number of aliphatic carboxylic acids is 2. The minimum Gasteiger partial charge on any atom is -0.481 e. The lowest BCUT2D eigenvalue weighted by atomic mass is 9.33. The maximum Gasteiger partial charge on any atom is 0.335 e. The highest BCUT2D eigenvalue weighted by atomic mass is 16.8. The van der Waals surface area contributed by atoms with Gasteiger partial charge in [-0.05, 0) is 111 Å². The molecule has 0 amide bonds. The number of ether oxygens (including phenoxy) is 6. The average Bonchev–Trinajstić information content (AvgIpc) is 3.27. The summed E-state index contributed by atoms with van der Waals surface area (Å²) in [4.78, 5) is 39.8. The van der Waals surface area contributed by atoms with Gasteiger partial charge in [-0.3, -0.25) is 4.79 Å². The number of hydrogen-bond acceptors (Lipinski definition) is 18. The van der Waals surface area contributed by atoms with Crippen LogP contribution in [0.1, 0.15) is 113 Å². The van der Waals surface area contributed by atoms with Crippen molar-refractivity contribution >= 4 is 18.2 Å². The number of fused-ring (bicyclic) bond motifs is 7. The van der Waals surface area contributed by atoms with Crippen molar-refractivity contribution in [1.29, 1.82) is 0 Å². The van der Waals surface area contributed by atoms with Crippen molar-refractivity contribution in [2.75, 3.05) is 13.2 Å². The zero-order valence-electron chi connectivity index (χ0n) is 41.0. The average molecular weight is 987 g/mol. The summed E-state index contributed by atoms with van der Waals surface area (Å²) in [6, 6.07) is 0. The number of aldehydes is 1. The zero-order valence-corrected chi connectivity index (χ0v) is 41.0. The van der Waals surface area contributed by atoms with E-state index in [0.717, 1.165) is 18.8 Å². The third-order valence-corrected chi connectivity index (χ3v) is 18.9. The summed E-state index contributed by atoms with van der Waals surface area (Å²) in [5.74, 6) is -3.33. The molecular formula is C49H78O20. The third kappa shape index (κ3) is 8.95. The highest BCUT2D eigenvalue weighted by molar-refractivity contribution is 5.77. The van der Waals surface area contributed by atoms with E-state index in [1.807, 2.05) is 0 Å². The molecule has 7 aliphatic rings. The summed E-state index contributed by atoms with van der Waals surface area (Å²) < 4.78 is 36.2. The van der Waals surface area contributed by atoms with Crippen LogP contribution in [0, 0.1) is 50.2 Å². The molecule has 6 fully saturated rings. The van der Waals surface area contributed by atoms with Crippen LogP contribution in [0.5, 0.6) is 0 Å². The van der Waals surface area contributed by atoms with Crippen molar-refractivity contribution in [3.63, 3.8) is 0 Å². The molecule has 24 atom stereocenters. The van der Waals surface area contributed by atoms with Crippen molar-refractivity contribution in [2.45, 2.75) is 211 Å². The van der Waals surface area contributed by atoms with Crippen LogP contribution < -0.4 is 0 Å². The first-order valence-electron chi connectivity index (χ1n) is 24.7. The lowest BCUT2D eigenvalue weighted by Gasteiger charge is -2.71. The second-order valence-corrected chi connectivity index (χ2v) is 23.3. The first-order valence-corrected chi connectivity index (χ1v) is 24.7. The Morgan fingerprint density at radius 2 is 1.46 bits per heavy atom. The van der Waals surface area contributed by atoms with Gasteiger partial charge in [-0.1, -0.05) is 53.2 Å². The lowest BCUT2D eigenvalue weighted by Crippen LogP contribution is -2.68. The third-order valence-electron chi connectivity index (χ3n) is 18.9. The lowest BCUT2D eigenvalue weighted by molar-refractivity contribution is -0.358. The molecule has 0 aromatic carbocycles. The van der Waals surface area contributed by atoms with Gasteiger partial charge in [0, 0.05) is 0 Å². The molecule has 0 radical (unpaired) electrons. The molecule has 9 unspecified atom stereocenters. The minimum atomic E-state index is -2.00. The normalized spacial score (nSPS) is 49.1. The fraction of sp³-hybridized carbons (Fsp3) is 0.898. The van der Waals surface area contributed by atoms with E-state index in [1.165, 1.54) is 6.92 Å². The Balaban J connectivity index is 1.24. The predicted octanol–water partition coefficient (Wildman–Crippen LogP) is 0.614. The van der Waals surface area contributed by atoms with E-state index in [1.54, 1.807) is 6.92 Å². The zero-order chi connectivity index (χ0) is 51.1. The topological polar surface area (TPSA) is 329 Å². The number of carbonyl (C=O) groups excluding carboxylic acids is 1. The van der Waals surface area contributed by atoms with Crippen LogP contribution in [0.4, 0.5) is 0 Å². The van der Waals surface area contributed by atoms with Gasteiger partial charge < -0.3 is 89.4 Å². The molecular weight excluding hydrogens is 909 g/mol. The second-order valence-electron chi connectivity index (χ2n) is 23.3. The molecule has 69 heavy (non-hydrogen) atoms. The highest BCUT2D eigenvalue weighted by Gasteiger charge is 2.72. The summed E-state index contributed by atoms with van der Waals surface area (Å²) >= 11 is 0. The van der Waals surface area contributed by atoms with E-state index in [-0.39, 0.29) is 36.0 Å². The standard InChI is InChI=1S/C49H78O20/c1-22(52)38(39(60)61)69-40(27(20-64-41-36(58)34(56)32(54)23(2)65-41)67-42-37(59)35(57)33(55)26(19-50)66-42)68-31-12-13-45(5)28(46(31,6)21-51)11-14-47(7)29(45)10-9-24-25-17-44(3,4)15-16-49(25,43(62)63)30(53)18-48(24,47)8/h9,21-23,25-38,40-42,50,52-59H,10-20H2,1-8H3,(H,60,61)(H,62,63)/t22-,23-,25?,26?,27-,28?,29?,30+,31-,32-,33-,34?,35?,36?,37-,38?,40+,41+,42-,45?,46+,47+,48+,49+/m0/s1. The number of aliphatic hydroxyl groups is 9. The van der Waals surface area contributed by atoms with E-state index < -0.39 is 150 Å². The molecule has 4 saturated carbocycles. The Morgan fingerprint density at radius 3 is 2.07 bits per heavy atom. The quantitative estimate of drug-likeness (QED) is 0.0608. The monoisotopic (exact) mass is 987 g/mol. The number of rotatable bonds is 15. The van der Waals surface area contributed by atoms with E-state index in [9.17, 15) is 70.6 Å². The Labute approximate surface area is 402 Å². The minimum absolute atomic E-state index is 0.0358. The van der Waals surface area contributed by atoms with Crippen LogP contribution in [-0.2, 0) is 42.8 Å². The number of hydrogen-bond donors (Lipinski definition) is 11. The molecule has 394 valence electrons. The number of carboxylic acid groups (broad SMARTS) is 2. The number of carboxylic acids is 2. The molecule has 0 aromatic rings. The van der Waals surface area contributed by atoms with Crippen molar-refractivity contribution in [2.24, 2.45) is 50.2 Å². The van der Waals surface area contributed by atoms with E-state index >= 15 is 0 Å². The second kappa shape index (κ2) is 19.5. The number of carbonyl (C=O) groups is 3. The van der Waals surface area contributed by atoms with Gasteiger partial charge in [-0.2, -0.15) is 0 Å². The van der Waals surface area contributed by atoms with Gasteiger partial charge >= 0.3 is 11.9 Å². The van der Waals surface area contributed by atoms with E-state index in [4.69, 9.17) is 28.4 Å². The van der Waals surface area contributed by atoms with Crippen LogP contribution in [0.2, 0.25) is 0 Å². The summed E-state index contributed by atoms with van der Waals surface area (Å²) in [6.07, 6.45) is -18.7. The van der Waals surface area contributed by atoms with Crippen LogP contribution in [-0.4, -0.2) is 186 Å². The summed E-state index contributed by atoms with van der Waals surface area (Å²) in [6.45, 7) is 13.7. The van der Waals surface area contributed by atoms with Gasteiger partial charge in [0.1, 0.15) is 60.5 Å². The fourth-order valence-electron chi connectivity index (χ4n) is 14.6. The largest absolute Gasteiger partial charge is 0.481 e. The Bertz CT molecular complexity index is 1910. The summed E-state index contributed by atoms with van der Waals surface area (Å²) in [5.41, 5.74) is -3.16. The molecule has 7 rings (SSSR count). The molecule has 20 nitrogen and oxygen atoms in total. The summed E-state index contributed by atoms with van der Waals surface area (Å²) in [5, 5.41) is 118. The van der Waals surface area contributed by atoms with E-state index in [2.05, 4.69) is 40.7 Å². The molecule has 20 heteroatoms. The van der Waals surface area contributed by atoms with Crippen molar-refractivity contribution in [3.05, 3.63) is 11.6 Å². The molecule has 2 saturated heterocycles. The smallest absolute Gasteiger partial charge is 0.335 e. The maximum absolute atomic E-state index is 13.9. The Hall–Kier alpha value is -2.25. The van der Waals surface area contributed by atoms with Gasteiger partial charge in [0.2, 0.25) is 0 Å². The Morgan fingerprint density at radius 1 is 0.812 bits per heavy atom. The fourth-order valence-corrected chi connectivity index (χ4v) is 14.6. The number of aliphatic hydroxyl groups excluding tert-OH is 9. The van der Waals surface area contributed by atoms with Gasteiger partial charge in [0.25, 0.3) is 0 Å². The summed E-state index contributed by atoms with van der Waals surface area (Å²) in [7, 11) is 0. The molecule has 0 spiro atoms. The van der Waals surface area contributed by atoms with E-state index in [0.29, 0.717) is 44.9 Å². The Kier molecular flexibility index (Phi) is 15.4. The first kappa shape index (κ1) is 54.5. The van der Waals surface area contributed by atoms with Crippen LogP contribution in [0.3, 0.4) is 0 Å². The van der Waals surface area contributed by atoms with Crippen LogP contribution in [0.25, 0.3) is 0 Å². The highest BCUT2D eigenvalue weighted by Crippen LogP contribution is 2.76. The van der Waals surface area contributed by atoms with Crippen molar-refractivity contribution in [3.8, 4) is 0 Å². The van der Waals surface area contributed by atoms with Gasteiger partial charge in [0.05, 0.1) is 43.0 Å².